The van der Waals surface area contributed by atoms with Crippen molar-refractivity contribution in [3.05, 3.63) is 40.9 Å². The molecule has 1 aromatic rings. The first kappa shape index (κ1) is 16.4. The van der Waals surface area contributed by atoms with Gasteiger partial charge in [0, 0.05) is 30.9 Å². The fourth-order valence-electron chi connectivity index (χ4n) is 1.77. The van der Waals surface area contributed by atoms with Crippen LogP contribution >= 0.6 is 15.9 Å². The van der Waals surface area contributed by atoms with Crippen molar-refractivity contribution in [3.8, 4) is 0 Å². The number of halogens is 1. The molecule has 0 aliphatic heterocycles. The van der Waals surface area contributed by atoms with Crippen LogP contribution in [-0.4, -0.2) is 24.9 Å². The summed E-state index contributed by atoms with van der Waals surface area (Å²) in [6.45, 7) is 7.80. The molecule has 0 saturated carbocycles. The molecule has 0 aromatic heterocycles. The van der Waals surface area contributed by atoms with Crippen molar-refractivity contribution in [3.63, 3.8) is 0 Å². The lowest BCUT2D eigenvalue weighted by atomic mass is 10.2. The smallest absolute Gasteiger partial charge is 0.223 e. The summed E-state index contributed by atoms with van der Waals surface area (Å²) in [4.78, 5) is 25.0. The zero-order valence-corrected chi connectivity index (χ0v) is 13.4. The van der Waals surface area contributed by atoms with Gasteiger partial charge in [-0.15, -0.1) is 6.58 Å². The van der Waals surface area contributed by atoms with Crippen LogP contribution in [0.25, 0.3) is 0 Å². The summed E-state index contributed by atoms with van der Waals surface area (Å²) < 4.78 is 0.846. The number of nitrogens with zero attached hydrogens (tertiary/aromatic N) is 1. The van der Waals surface area contributed by atoms with Crippen molar-refractivity contribution in [1.82, 2.24) is 5.32 Å². The van der Waals surface area contributed by atoms with Crippen molar-refractivity contribution in [2.24, 2.45) is 0 Å². The highest BCUT2D eigenvalue weighted by atomic mass is 79.9. The lowest BCUT2D eigenvalue weighted by Gasteiger charge is -2.22. The predicted octanol–water partition coefficient (Wildman–Crippen LogP) is 2.80. The van der Waals surface area contributed by atoms with E-state index in [0.29, 0.717) is 13.1 Å². The molecule has 0 bridgehead atoms. The molecule has 1 N–H and O–H groups in total. The highest BCUT2D eigenvalue weighted by molar-refractivity contribution is 9.10. The van der Waals surface area contributed by atoms with E-state index in [-0.39, 0.29) is 18.2 Å². The van der Waals surface area contributed by atoms with Gasteiger partial charge in [-0.05, 0) is 40.5 Å². The van der Waals surface area contributed by atoms with E-state index in [1.807, 2.05) is 25.1 Å². The van der Waals surface area contributed by atoms with Gasteiger partial charge >= 0.3 is 0 Å². The van der Waals surface area contributed by atoms with Crippen LogP contribution in [0.15, 0.2) is 35.3 Å². The van der Waals surface area contributed by atoms with Gasteiger partial charge in [0.2, 0.25) is 11.8 Å². The maximum Gasteiger partial charge on any atom is 0.223 e. The van der Waals surface area contributed by atoms with E-state index in [4.69, 9.17) is 0 Å². The van der Waals surface area contributed by atoms with Crippen LogP contribution in [0.2, 0.25) is 0 Å². The first-order chi connectivity index (χ1) is 9.45. The van der Waals surface area contributed by atoms with E-state index in [9.17, 15) is 9.59 Å². The van der Waals surface area contributed by atoms with E-state index in [0.717, 1.165) is 15.7 Å². The molecule has 1 aromatic carbocycles. The van der Waals surface area contributed by atoms with Crippen LogP contribution in [0, 0.1) is 6.92 Å². The molecule has 0 aliphatic carbocycles. The lowest BCUT2D eigenvalue weighted by molar-refractivity contribution is -0.120. The Morgan fingerprint density at radius 2 is 2.15 bits per heavy atom. The Bertz CT molecular complexity index is 515. The normalized spacial score (nSPS) is 9.95. The Labute approximate surface area is 128 Å². The van der Waals surface area contributed by atoms with Gasteiger partial charge in [-0.3, -0.25) is 9.59 Å². The van der Waals surface area contributed by atoms with Crippen LogP contribution in [0.5, 0.6) is 0 Å². The number of aryl methyl sites for hydroxylation is 1. The van der Waals surface area contributed by atoms with Crippen LogP contribution in [0.3, 0.4) is 0 Å². The van der Waals surface area contributed by atoms with Crippen molar-refractivity contribution in [2.75, 3.05) is 18.0 Å². The summed E-state index contributed by atoms with van der Waals surface area (Å²) in [5.41, 5.74) is 1.88. The minimum absolute atomic E-state index is 0.0916. The third-order valence-corrected chi connectivity index (χ3v) is 3.42. The second-order valence-electron chi connectivity index (χ2n) is 4.47. The number of carbonyl (C=O) groups excluding carboxylic acids is 2. The first-order valence-electron chi connectivity index (χ1n) is 6.37. The number of benzene rings is 1. The molecule has 0 aliphatic rings. The zero-order valence-electron chi connectivity index (χ0n) is 11.8. The van der Waals surface area contributed by atoms with Gasteiger partial charge in [-0.1, -0.05) is 12.1 Å². The summed E-state index contributed by atoms with van der Waals surface area (Å²) in [5.74, 6) is -0.189. The average molecular weight is 339 g/mol. The quantitative estimate of drug-likeness (QED) is 0.811. The lowest BCUT2D eigenvalue weighted by Crippen LogP contribution is -2.34. The Morgan fingerprint density at radius 1 is 1.45 bits per heavy atom. The number of hydrogen-bond donors (Lipinski definition) is 1. The molecular weight excluding hydrogens is 320 g/mol. The molecule has 4 nitrogen and oxygen atoms in total. The highest BCUT2D eigenvalue weighted by Gasteiger charge is 2.15. The standard InChI is InChI=1S/C15H19BrN2O2/c1-4-8-17-15(20)7-9-18(12(3)19)14-6-5-11(2)10-13(14)16/h4-6,10H,1,7-9H2,2-3H3,(H,17,20). The molecule has 0 atom stereocenters. The molecule has 5 heteroatoms. The van der Waals surface area contributed by atoms with Crippen LogP contribution < -0.4 is 10.2 Å². The second-order valence-corrected chi connectivity index (χ2v) is 5.32. The number of anilines is 1. The summed E-state index contributed by atoms with van der Waals surface area (Å²) >= 11 is 3.46. The molecule has 2 amide bonds. The van der Waals surface area contributed by atoms with Crippen LogP contribution in [0.4, 0.5) is 5.69 Å². The number of carbonyl (C=O) groups is 2. The molecule has 1 rings (SSSR count). The fourth-order valence-corrected chi connectivity index (χ4v) is 2.47. The molecule has 0 spiro atoms. The molecule has 0 fully saturated rings. The maximum absolute atomic E-state index is 11.8. The predicted molar refractivity (Wildman–Crippen MR) is 84.7 cm³/mol. The van der Waals surface area contributed by atoms with Gasteiger partial charge < -0.3 is 10.2 Å². The topological polar surface area (TPSA) is 49.4 Å². The van der Waals surface area contributed by atoms with Gasteiger partial charge in [0.1, 0.15) is 0 Å². The van der Waals surface area contributed by atoms with Gasteiger partial charge in [0.05, 0.1) is 5.69 Å². The fraction of sp³-hybridized carbons (Fsp3) is 0.333. The number of hydrogen-bond acceptors (Lipinski definition) is 2. The summed E-state index contributed by atoms with van der Waals surface area (Å²) in [5, 5.41) is 2.70. The SMILES string of the molecule is C=CCNC(=O)CCN(C(C)=O)c1ccc(C)cc1Br. The van der Waals surface area contributed by atoms with Crippen molar-refractivity contribution in [1.29, 1.82) is 0 Å². The van der Waals surface area contributed by atoms with E-state index in [1.165, 1.54) is 6.92 Å². The average Bonchev–Trinajstić information content (AvgIpc) is 2.38. The largest absolute Gasteiger partial charge is 0.353 e. The monoisotopic (exact) mass is 338 g/mol. The maximum atomic E-state index is 11.8. The Morgan fingerprint density at radius 3 is 2.70 bits per heavy atom. The Hall–Kier alpha value is -1.62. The van der Waals surface area contributed by atoms with Crippen LogP contribution in [-0.2, 0) is 9.59 Å². The van der Waals surface area contributed by atoms with E-state index >= 15 is 0 Å². The van der Waals surface area contributed by atoms with Crippen molar-refractivity contribution >= 4 is 33.4 Å². The van der Waals surface area contributed by atoms with Gasteiger partial charge in [0.25, 0.3) is 0 Å². The molecule has 0 radical (unpaired) electrons. The summed E-state index contributed by atoms with van der Waals surface area (Å²) in [7, 11) is 0. The summed E-state index contributed by atoms with van der Waals surface area (Å²) in [6.07, 6.45) is 1.88. The zero-order chi connectivity index (χ0) is 15.1. The third-order valence-electron chi connectivity index (χ3n) is 2.78. The minimum atomic E-state index is -0.0978. The number of amides is 2. The van der Waals surface area contributed by atoms with E-state index < -0.39 is 0 Å². The molecule has 0 heterocycles. The summed E-state index contributed by atoms with van der Waals surface area (Å²) in [6, 6.07) is 5.76. The van der Waals surface area contributed by atoms with Gasteiger partial charge in [0.15, 0.2) is 0 Å². The first-order valence-corrected chi connectivity index (χ1v) is 7.17. The van der Waals surface area contributed by atoms with Crippen LogP contribution in [0.1, 0.15) is 18.9 Å². The van der Waals surface area contributed by atoms with Crippen molar-refractivity contribution < 1.29 is 9.59 Å². The van der Waals surface area contributed by atoms with Crippen molar-refractivity contribution in [2.45, 2.75) is 20.3 Å². The number of nitrogens with one attached hydrogen (secondary N) is 1. The molecule has 0 saturated heterocycles. The molecule has 108 valence electrons. The van der Waals surface area contributed by atoms with E-state index in [2.05, 4.69) is 27.8 Å². The molecular formula is C15H19BrN2O2. The Kier molecular flexibility index (Phi) is 6.45. The molecule has 0 unspecified atom stereocenters. The van der Waals surface area contributed by atoms with Gasteiger partial charge in [-0.25, -0.2) is 0 Å². The highest BCUT2D eigenvalue weighted by Crippen LogP contribution is 2.27. The third kappa shape index (κ3) is 4.81. The van der Waals surface area contributed by atoms with Gasteiger partial charge in [-0.2, -0.15) is 0 Å². The molecule has 20 heavy (non-hydrogen) atoms. The Balaban J connectivity index is 2.77. The minimum Gasteiger partial charge on any atom is -0.353 e. The van der Waals surface area contributed by atoms with E-state index in [1.54, 1.807) is 11.0 Å². The number of rotatable bonds is 6. The second kappa shape index (κ2) is 7.85.